The first-order chi connectivity index (χ1) is 11.2. The second kappa shape index (κ2) is 9.16. The largest absolute Gasteiger partial charge is 0.445 e. The van der Waals surface area contributed by atoms with Crippen molar-refractivity contribution in [3.05, 3.63) is 24.4 Å². The third-order valence-corrected chi connectivity index (χ3v) is 2.74. The molecule has 0 aliphatic carbocycles. The molecule has 2 N–H and O–H groups in total. The van der Waals surface area contributed by atoms with E-state index in [2.05, 4.69) is 40.0 Å². The van der Waals surface area contributed by atoms with Crippen molar-refractivity contribution in [1.29, 1.82) is 0 Å². The van der Waals surface area contributed by atoms with Gasteiger partial charge in [-0.05, 0) is 20.8 Å². The average Bonchev–Trinajstić information content (AvgIpc) is 2.95. The molecular formula is C14H22N4O5S. The van der Waals surface area contributed by atoms with Gasteiger partial charge in [0.25, 0.3) is 0 Å². The van der Waals surface area contributed by atoms with Crippen molar-refractivity contribution in [3.8, 4) is 0 Å². The SMILES string of the molecule is C=CCOC(=O)NCc1noc([C@H](CS)NC(=O)OC(C)(C)C)n1. The summed E-state index contributed by atoms with van der Waals surface area (Å²) < 4.78 is 15.0. The average molecular weight is 358 g/mol. The number of hydrogen-bond acceptors (Lipinski definition) is 8. The number of rotatable bonds is 7. The summed E-state index contributed by atoms with van der Waals surface area (Å²) in [7, 11) is 0. The molecule has 1 rings (SSSR count). The van der Waals surface area contributed by atoms with E-state index in [1.165, 1.54) is 6.08 Å². The standard InChI is InChI=1S/C14H22N4O5S/c1-5-6-21-12(19)15-7-10-17-11(23-18-10)9(8-24)16-13(20)22-14(2,3)4/h5,9,24H,1,6-8H2,2-4H3,(H,15,19)(H,16,20)/t9-/m0/s1. The molecule has 2 amide bonds. The van der Waals surface area contributed by atoms with Crippen molar-refractivity contribution >= 4 is 24.8 Å². The minimum absolute atomic E-state index is 0.0191. The first-order valence-electron chi connectivity index (χ1n) is 7.19. The molecule has 0 aromatic carbocycles. The monoisotopic (exact) mass is 358 g/mol. The highest BCUT2D eigenvalue weighted by Crippen LogP contribution is 2.14. The summed E-state index contributed by atoms with van der Waals surface area (Å²) >= 11 is 4.15. The normalized spacial score (nSPS) is 12.2. The number of alkyl carbamates (subject to hydrolysis) is 2. The van der Waals surface area contributed by atoms with Crippen molar-refractivity contribution in [3.63, 3.8) is 0 Å². The lowest BCUT2D eigenvalue weighted by Gasteiger charge is -2.21. The van der Waals surface area contributed by atoms with Crippen LogP contribution in [-0.2, 0) is 16.0 Å². The zero-order chi connectivity index (χ0) is 18.2. The Morgan fingerprint density at radius 3 is 2.71 bits per heavy atom. The first kappa shape index (κ1) is 19.8. The molecule has 0 unspecified atom stereocenters. The molecule has 1 aromatic rings. The summed E-state index contributed by atoms with van der Waals surface area (Å²) in [5, 5.41) is 8.76. The number of aromatic nitrogens is 2. The smallest absolute Gasteiger partial charge is 0.408 e. The van der Waals surface area contributed by atoms with Crippen molar-refractivity contribution in [1.82, 2.24) is 20.8 Å². The quantitative estimate of drug-likeness (QED) is 0.504. The predicted molar refractivity (Wildman–Crippen MR) is 88.6 cm³/mol. The number of thiol groups is 1. The summed E-state index contributed by atoms with van der Waals surface area (Å²) in [5.41, 5.74) is -0.624. The van der Waals surface area contributed by atoms with E-state index in [0.717, 1.165) is 0 Å². The molecule has 0 aliphatic heterocycles. The highest BCUT2D eigenvalue weighted by atomic mass is 32.1. The van der Waals surface area contributed by atoms with Crippen molar-refractivity contribution in [2.24, 2.45) is 0 Å². The molecule has 1 heterocycles. The van der Waals surface area contributed by atoms with Crippen LogP contribution >= 0.6 is 12.6 Å². The fourth-order valence-electron chi connectivity index (χ4n) is 1.45. The van der Waals surface area contributed by atoms with E-state index in [-0.39, 0.29) is 30.6 Å². The highest BCUT2D eigenvalue weighted by Gasteiger charge is 2.23. The molecule has 1 aromatic heterocycles. The molecule has 0 radical (unpaired) electrons. The van der Waals surface area contributed by atoms with Gasteiger partial charge in [0, 0.05) is 5.75 Å². The number of nitrogens with zero attached hydrogens (tertiary/aromatic N) is 2. The fourth-order valence-corrected chi connectivity index (χ4v) is 1.70. The second-order valence-corrected chi connectivity index (χ2v) is 6.04. The predicted octanol–water partition coefficient (Wildman–Crippen LogP) is 1.98. The number of hydrogen-bond donors (Lipinski definition) is 3. The molecule has 0 spiro atoms. The third-order valence-electron chi connectivity index (χ3n) is 2.38. The van der Waals surface area contributed by atoms with E-state index in [0.29, 0.717) is 0 Å². The van der Waals surface area contributed by atoms with Crippen LogP contribution < -0.4 is 10.6 Å². The Kier molecular flexibility index (Phi) is 7.56. The topological polar surface area (TPSA) is 116 Å². The van der Waals surface area contributed by atoms with Gasteiger partial charge < -0.3 is 24.6 Å². The van der Waals surface area contributed by atoms with Gasteiger partial charge in [-0.3, -0.25) is 0 Å². The van der Waals surface area contributed by atoms with Crippen molar-refractivity contribution < 1.29 is 23.6 Å². The highest BCUT2D eigenvalue weighted by molar-refractivity contribution is 7.80. The second-order valence-electron chi connectivity index (χ2n) is 5.67. The van der Waals surface area contributed by atoms with Gasteiger partial charge in [0.1, 0.15) is 18.2 Å². The van der Waals surface area contributed by atoms with Crippen LogP contribution in [0.1, 0.15) is 38.5 Å². The molecule has 9 nitrogen and oxygen atoms in total. The summed E-state index contributed by atoms with van der Waals surface area (Å²) in [4.78, 5) is 27.2. The Balaban J connectivity index is 2.56. The van der Waals surface area contributed by atoms with Crippen LogP contribution in [0.3, 0.4) is 0 Å². The van der Waals surface area contributed by atoms with Crippen molar-refractivity contribution in [2.75, 3.05) is 12.4 Å². The molecule has 0 aliphatic rings. The summed E-state index contributed by atoms with van der Waals surface area (Å²) in [5.74, 6) is 0.626. The van der Waals surface area contributed by atoms with Crippen LogP contribution in [0.2, 0.25) is 0 Å². The van der Waals surface area contributed by atoms with Gasteiger partial charge in [0.2, 0.25) is 5.89 Å². The van der Waals surface area contributed by atoms with E-state index in [1.54, 1.807) is 20.8 Å². The first-order valence-corrected chi connectivity index (χ1v) is 7.82. The molecule has 0 saturated carbocycles. The van der Waals surface area contributed by atoms with Crippen LogP contribution in [-0.4, -0.2) is 40.3 Å². The maximum absolute atomic E-state index is 11.8. The minimum atomic E-state index is -0.626. The van der Waals surface area contributed by atoms with Crippen LogP contribution in [0.25, 0.3) is 0 Å². The van der Waals surface area contributed by atoms with Gasteiger partial charge in [0.05, 0.1) is 6.54 Å². The molecule has 10 heteroatoms. The van der Waals surface area contributed by atoms with Crippen LogP contribution in [0, 0.1) is 0 Å². The van der Waals surface area contributed by atoms with Gasteiger partial charge in [-0.2, -0.15) is 17.6 Å². The lowest BCUT2D eigenvalue weighted by Crippen LogP contribution is -2.35. The molecule has 0 fully saturated rings. The molecule has 0 saturated heterocycles. The Bertz CT molecular complexity index is 570. The number of carbonyl (C=O) groups excluding carboxylic acids is 2. The van der Waals surface area contributed by atoms with Crippen molar-refractivity contribution in [2.45, 2.75) is 39.0 Å². The lowest BCUT2D eigenvalue weighted by atomic mass is 10.2. The van der Waals surface area contributed by atoms with Crippen LogP contribution in [0.15, 0.2) is 17.2 Å². The summed E-state index contributed by atoms with van der Waals surface area (Å²) in [6.07, 6.45) is 0.206. The zero-order valence-electron chi connectivity index (χ0n) is 13.9. The van der Waals surface area contributed by atoms with Gasteiger partial charge in [-0.25, -0.2) is 9.59 Å². The molecule has 1 atom stereocenters. The van der Waals surface area contributed by atoms with E-state index >= 15 is 0 Å². The zero-order valence-corrected chi connectivity index (χ0v) is 14.8. The maximum Gasteiger partial charge on any atom is 0.408 e. The van der Waals surface area contributed by atoms with E-state index in [1.807, 2.05) is 0 Å². The van der Waals surface area contributed by atoms with Crippen LogP contribution in [0.5, 0.6) is 0 Å². The molecular weight excluding hydrogens is 336 g/mol. The number of nitrogens with one attached hydrogen (secondary N) is 2. The number of amides is 2. The Morgan fingerprint density at radius 2 is 2.12 bits per heavy atom. The van der Waals surface area contributed by atoms with Gasteiger partial charge >= 0.3 is 12.2 Å². The van der Waals surface area contributed by atoms with Crippen LogP contribution in [0.4, 0.5) is 9.59 Å². The van der Waals surface area contributed by atoms with Gasteiger partial charge in [-0.15, -0.1) is 0 Å². The van der Waals surface area contributed by atoms with E-state index in [4.69, 9.17) is 14.0 Å². The van der Waals surface area contributed by atoms with Gasteiger partial charge in [-0.1, -0.05) is 17.8 Å². The number of carbonyl (C=O) groups is 2. The van der Waals surface area contributed by atoms with Gasteiger partial charge in [0.15, 0.2) is 5.82 Å². The lowest BCUT2D eigenvalue weighted by molar-refractivity contribution is 0.0500. The Hall–Kier alpha value is -2.23. The minimum Gasteiger partial charge on any atom is -0.445 e. The maximum atomic E-state index is 11.8. The third kappa shape index (κ3) is 7.36. The Labute approximate surface area is 145 Å². The number of ether oxygens (including phenoxy) is 2. The Morgan fingerprint density at radius 1 is 1.42 bits per heavy atom. The summed E-state index contributed by atoms with van der Waals surface area (Å²) in [6.45, 7) is 8.82. The van der Waals surface area contributed by atoms with E-state index < -0.39 is 23.8 Å². The summed E-state index contributed by atoms with van der Waals surface area (Å²) in [6, 6.07) is -0.614. The molecule has 24 heavy (non-hydrogen) atoms. The van der Waals surface area contributed by atoms with E-state index in [9.17, 15) is 9.59 Å². The molecule has 134 valence electrons. The molecule has 0 bridgehead atoms. The fraction of sp³-hybridized carbons (Fsp3) is 0.571.